The number of hydrogen-bond acceptors (Lipinski definition) is 5. The van der Waals surface area contributed by atoms with Crippen molar-refractivity contribution < 1.29 is 49.9 Å². The summed E-state index contributed by atoms with van der Waals surface area (Å²) in [4.78, 5) is 15.5. The molecule has 0 amide bonds. The number of aliphatic hydroxyl groups is 1. The van der Waals surface area contributed by atoms with Crippen LogP contribution in [0.3, 0.4) is 0 Å². The van der Waals surface area contributed by atoms with Crippen LogP contribution in [0.1, 0.15) is 6.92 Å². The molecule has 0 rings (SSSR count). The van der Waals surface area contributed by atoms with E-state index < -0.39 is 24.6 Å². The second-order valence-corrected chi connectivity index (χ2v) is 5.64. The normalized spacial score (nSPS) is 11.8. The van der Waals surface area contributed by atoms with Crippen molar-refractivity contribution in [2.24, 2.45) is 0 Å². The Bertz CT molecular complexity index is 236. The fourth-order valence-corrected chi connectivity index (χ4v) is 2.18. The van der Waals surface area contributed by atoms with Gasteiger partial charge in [-0.05, 0) is 6.92 Å². The van der Waals surface area contributed by atoms with Gasteiger partial charge < -0.3 is 5.11 Å². The third kappa shape index (κ3) is 22.4. The molecule has 0 aliphatic carbocycles. The van der Waals surface area contributed by atoms with Crippen LogP contribution in [0.15, 0.2) is 0 Å². The number of phosphoric acid groups is 1. The average molecular weight is 288 g/mol. The molecule has 12 heavy (non-hydrogen) atoms. The van der Waals surface area contributed by atoms with Crippen molar-refractivity contribution in [1.29, 1.82) is 0 Å². The Kier molecular flexibility index (Phi) is 7.26. The first-order valence-electron chi connectivity index (χ1n) is 2.47. The Labute approximate surface area is 71.8 Å². The van der Waals surface area contributed by atoms with Gasteiger partial charge in [-0.3, -0.25) is 0 Å². The monoisotopic (exact) mass is 290 g/mol. The molecule has 4 N–H and O–H groups in total. The second-order valence-electron chi connectivity index (χ2n) is 1.31. The van der Waals surface area contributed by atoms with Crippen molar-refractivity contribution >= 4 is 7.82 Å². The quantitative estimate of drug-likeness (QED) is 0.365. The molecule has 0 aliphatic heterocycles. The minimum absolute atomic E-state index is 0.250. The Hall–Kier alpha value is 0.318. The molecule has 76 valence electrons. The molecule has 0 fully saturated rings. The van der Waals surface area contributed by atoms with E-state index in [1.165, 1.54) is 0 Å². The van der Waals surface area contributed by atoms with E-state index >= 15 is 0 Å². The van der Waals surface area contributed by atoms with Crippen molar-refractivity contribution in [2.45, 2.75) is 6.92 Å². The van der Waals surface area contributed by atoms with E-state index in [2.05, 4.69) is 3.18 Å². The van der Waals surface area contributed by atoms with Gasteiger partial charge in [0.25, 0.3) is 0 Å². The predicted molar refractivity (Wildman–Crippen MR) is 29.5 cm³/mol. The summed E-state index contributed by atoms with van der Waals surface area (Å²) in [5, 5.41) is 7.57. The van der Waals surface area contributed by atoms with Gasteiger partial charge in [-0.25, -0.2) is 0 Å². The molecule has 0 aliphatic rings. The maximum atomic E-state index is 9.61. The van der Waals surface area contributed by atoms with Gasteiger partial charge in [0.1, 0.15) is 0 Å². The van der Waals surface area contributed by atoms with E-state index in [4.69, 9.17) is 18.7 Å². The average Bonchev–Trinajstić information content (AvgIpc) is 1.53. The van der Waals surface area contributed by atoms with Crippen molar-refractivity contribution in [3.8, 4) is 0 Å². The third-order valence-corrected chi connectivity index (χ3v) is 3.40. The summed E-state index contributed by atoms with van der Waals surface area (Å²) in [6.45, 7) is 1.93. The molecule has 0 spiro atoms. The fraction of sp³-hybridized carbons (Fsp3) is 1.00. The molecule has 0 saturated heterocycles. The fourth-order valence-electron chi connectivity index (χ4n) is 0.123. The van der Waals surface area contributed by atoms with Crippen LogP contribution < -0.4 is 0 Å². The van der Waals surface area contributed by atoms with Crippen LogP contribution in [0.2, 0.25) is 0 Å². The van der Waals surface area contributed by atoms with Crippen LogP contribution >= 0.6 is 7.82 Å². The molecular weight excluding hydrogens is 279 g/mol. The van der Waals surface area contributed by atoms with Crippen molar-refractivity contribution in [3.63, 3.8) is 0 Å². The Morgan fingerprint density at radius 1 is 1.42 bits per heavy atom. The molecule has 0 unspecified atom stereocenters. The standard InChI is InChI=1S/C2H6O.Mo.H3O4P.H2O.2O/c1-2-3;;1-5(2,3)4;;;/h3H,2H2,1H3;;(H3,1,2,3,4);1H2;;/q;+2;;;;/p-2. The van der Waals surface area contributed by atoms with Gasteiger partial charge in [-0.15, -0.1) is 0 Å². The first-order chi connectivity index (χ1) is 5.12. The van der Waals surface area contributed by atoms with E-state index in [1.807, 2.05) is 0 Å². The molecule has 0 aromatic carbocycles. The summed E-state index contributed by atoms with van der Waals surface area (Å²) in [7, 11) is -5.08. The van der Waals surface area contributed by atoms with Crippen LogP contribution in [-0.2, 0) is 31.3 Å². The number of hydrogen-bond donors (Lipinski definition) is 4. The Morgan fingerprint density at radius 2 is 1.67 bits per heavy atom. The zero-order valence-electron chi connectivity index (χ0n) is 5.98. The van der Waals surface area contributed by atoms with E-state index in [0.29, 0.717) is 0 Å². The van der Waals surface area contributed by atoms with Gasteiger partial charge in [0.05, 0.1) is 0 Å². The molecule has 0 bridgehead atoms. The summed E-state index contributed by atoms with van der Waals surface area (Å²) in [5.74, 6) is 0. The van der Waals surface area contributed by atoms with Gasteiger partial charge in [0.15, 0.2) is 0 Å². The van der Waals surface area contributed by atoms with Crippen molar-refractivity contribution in [3.05, 3.63) is 0 Å². The van der Waals surface area contributed by atoms with Gasteiger partial charge >= 0.3 is 52.7 Å². The Balaban J connectivity index is 0. The predicted octanol–water partition coefficient (Wildman–Crippen LogP) is -1.24. The first kappa shape index (κ1) is 14.8. The molecule has 0 aromatic heterocycles. The summed E-state index contributed by atoms with van der Waals surface area (Å²) in [5.41, 5.74) is 0. The van der Waals surface area contributed by atoms with Crippen LogP contribution in [0.4, 0.5) is 0 Å². The van der Waals surface area contributed by atoms with E-state index in [0.717, 1.165) is 0 Å². The van der Waals surface area contributed by atoms with Crippen LogP contribution in [0.25, 0.3) is 0 Å². The summed E-state index contributed by atoms with van der Waals surface area (Å²) < 4.78 is 39.4. The maximum absolute atomic E-state index is 9.61. The second kappa shape index (κ2) is 5.88. The summed E-state index contributed by atoms with van der Waals surface area (Å²) in [6.07, 6.45) is 0. The number of aliphatic hydroxyl groups excluding tert-OH is 1. The van der Waals surface area contributed by atoms with E-state index in [1.54, 1.807) is 6.92 Å². The van der Waals surface area contributed by atoms with Crippen molar-refractivity contribution in [2.75, 3.05) is 6.61 Å². The third-order valence-electron chi connectivity index (χ3n) is 0.191. The molecule has 10 heteroatoms. The van der Waals surface area contributed by atoms with Gasteiger partial charge in [-0.2, -0.15) is 0 Å². The molecule has 0 heterocycles. The van der Waals surface area contributed by atoms with Crippen LogP contribution in [0.5, 0.6) is 0 Å². The van der Waals surface area contributed by atoms with Gasteiger partial charge in [0, 0.05) is 6.61 Å². The Morgan fingerprint density at radius 3 is 1.67 bits per heavy atom. The zero-order valence-corrected chi connectivity index (χ0v) is 8.89. The molecule has 8 nitrogen and oxygen atoms in total. The summed E-state index contributed by atoms with van der Waals surface area (Å²) >= 11 is -6.03. The molecule has 0 aromatic rings. The van der Waals surface area contributed by atoms with Crippen LogP contribution in [-0.4, -0.2) is 25.3 Å². The first-order valence-corrected chi connectivity index (χ1v) is 7.36. The van der Waals surface area contributed by atoms with E-state index in [9.17, 15) is 11.4 Å². The van der Waals surface area contributed by atoms with E-state index in [-0.39, 0.29) is 6.61 Å². The minimum atomic E-state index is -6.03. The van der Waals surface area contributed by atoms with Gasteiger partial charge in [0.2, 0.25) is 0 Å². The SMILES string of the molecule is CCO.O=P(O)(O)[O][Mo](=[O])(=[O])[OH]. The summed E-state index contributed by atoms with van der Waals surface area (Å²) in [6, 6.07) is 0. The molecule has 0 radical (unpaired) electrons. The van der Waals surface area contributed by atoms with Gasteiger partial charge in [-0.1, -0.05) is 0 Å². The topological polar surface area (TPSA) is 141 Å². The zero-order chi connectivity index (χ0) is 10.4. The molecular formula is C2H9MoO8P. The van der Waals surface area contributed by atoms with Crippen LogP contribution in [0, 0.1) is 0 Å². The molecule has 0 saturated carbocycles. The number of rotatable bonds is 2. The van der Waals surface area contributed by atoms with Crippen molar-refractivity contribution in [1.82, 2.24) is 0 Å². The molecule has 0 atom stereocenters.